The molecule has 0 bridgehead atoms. The Kier molecular flexibility index (Phi) is 2.73. The summed E-state index contributed by atoms with van der Waals surface area (Å²) in [4.78, 5) is 3.06. The van der Waals surface area contributed by atoms with Gasteiger partial charge in [-0.15, -0.1) is 0 Å². The third-order valence-electron chi connectivity index (χ3n) is 4.09. The summed E-state index contributed by atoms with van der Waals surface area (Å²) >= 11 is 2.00. The lowest BCUT2D eigenvalue weighted by molar-refractivity contribution is 0.734. The van der Waals surface area contributed by atoms with Crippen molar-refractivity contribution in [3.05, 3.63) is 65.1 Å². The van der Waals surface area contributed by atoms with Gasteiger partial charge < -0.3 is 0 Å². The summed E-state index contributed by atoms with van der Waals surface area (Å²) in [5, 5.41) is 2.78. The number of hydrogen-bond donors (Lipinski definition) is 0. The fourth-order valence-electron chi connectivity index (χ4n) is 3.13. The predicted molar refractivity (Wildman–Crippen MR) is 83.6 cm³/mol. The third kappa shape index (κ3) is 1.84. The normalized spacial score (nSPS) is 25.9. The topological polar surface area (TPSA) is 0 Å². The van der Waals surface area contributed by atoms with Crippen molar-refractivity contribution < 1.29 is 0 Å². The second-order valence-electron chi connectivity index (χ2n) is 5.25. The molecule has 4 rings (SSSR count). The van der Waals surface area contributed by atoms with Crippen LogP contribution in [0.3, 0.4) is 0 Å². The number of hydrogen-bond acceptors (Lipinski definition) is 1. The van der Waals surface area contributed by atoms with E-state index in [9.17, 15) is 0 Å². The fourth-order valence-corrected chi connectivity index (χ4v) is 4.56. The first kappa shape index (κ1) is 11.4. The first-order valence-electron chi connectivity index (χ1n) is 6.98. The Morgan fingerprint density at radius 1 is 1.00 bits per heavy atom. The summed E-state index contributed by atoms with van der Waals surface area (Å²) in [6, 6.07) is 13.4. The minimum absolute atomic E-state index is 0.634. The predicted octanol–water partition coefficient (Wildman–Crippen LogP) is 5.65. The van der Waals surface area contributed by atoms with Gasteiger partial charge in [-0.1, -0.05) is 66.4 Å². The van der Waals surface area contributed by atoms with Crippen molar-refractivity contribution in [1.82, 2.24) is 0 Å². The highest BCUT2D eigenvalue weighted by Gasteiger charge is 2.28. The van der Waals surface area contributed by atoms with Gasteiger partial charge in [0.15, 0.2) is 0 Å². The van der Waals surface area contributed by atoms with Crippen molar-refractivity contribution in [1.29, 1.82) is 0 Å². The Morgan fingerprint density at radius 2 is 1.95 bits per heavy atom. The van der Waals surface area contributed by atoms with E-state index in [4.69, 9.17) is 0 Å². The molecule has 94 valence electrons. The number of rotatable bonds is 0. The van der Waals surface area contributed by atoms with Gasteiger partial charge in [0, 0.05) is 10.8 Å². The van der Waals surface area contributed by atoms with E-state index in [-0.39, 0.29) is 0 Å². The number of benzene rings is 2. The minimum atomic E-state index is 0.634. The molecule has 0 saturated heterocycles. The van der Waals surface area contributed by atoms with Gasteiger partial charge in [-0.3, -0.25) is 0 Å². The maximum absolute atomic E-state index is 2.42. The Morgan fingerprint density at radius 3 is 2.95 bits per heavy atom. The molecule has 1 aliphatic heterocycles. The van der Waals surface area contributed by atoms with Crippen LogP contribution in [0.25, 0.3) is 10.8 Å². The summed E-state index contributed by atoms with van der Waals surface area (Å²) in [6.45, 7) is 0. The number of thioether (sulfide) groups is 1. The Labute approximate surface area is 118 Å². The number of allylic oxidation sites excluding steroid dienone is 4. The molecule has 1 atom stereocenters. The molecule has 2 aromatic carbocycles. The van der Waals surface area contributed by atoms with Crippen molar-refractivity contribution in [3.8, 4) is 0 Å². The summed E-state index contributed by atoms with van der Waals surface area (Å²) in [6.07, 6.45) is 10.6. The summed E-state index contributed by atoms with van der Waals surface area (Å²) in [5.74, 6) is 0.634. The van der Waals surface area contributed by atoms with Crippen LogP contribution in [-0.4, -0.2) is 0 Å². The molecule has 0 fully saturated rings. The third-order valence-corrected chi connectivity index (χ3v) is 5.44. The van der Waals surface area contributed by atoms with E-state index in [1.807, 2.05) is 11.8 Å². The van der Waals surface area contributed by atoms with E-state index in [0.717, 1.165) is 6.42 Å². The molecule has 1 aliphatic carbocycles. The molecule has 1 heteroatoms. The van der Waals surface area contributed by atoms with Crippen LogP contribution in [0.4, 0.5) is 0 Å². The molecule has 2 aliphatic rings. The Hall–Kier alpha value is -1.47. The average molecular weight is 264 g/mol. The van der Waals surface area contributed by atoms with Crippen LogP contribution in [-0.2, 0) is 0 Å². The Bertz CT molecular complexity index is 694. The fraction of sp³-hybridized carbons (Fsp3) is 0.222. The zero-order valence-corrected chi connectivity index (χ0v) is 11.6. The van der Waals surface area contributed by atoms with Gasteiger partial charge in [0.05, 0.1) is 0 Å². The van der Waals surface area contributed by atoms with Crippen LogP contribution in [0, 0.1) is 0 Å². The lowest BCUT2D eigenvalue weighted by atomic mass is 9.91. The van der Waals surface area contributed by atoms with Gasteiger partial charge in [0.2, 0.25) is 0 Å². The highest BCUT2D eigenvalue weighted by atomic mass is 32.2. The molecule has 0 spiro atoms. The lowest BCUT2D eigenvalue weighted by Gasteiger charge is -2.13. The van der Waals surface area contributed by atoms with E-state index in [1.54, 1.807) is 10.5 Å². The molecule has 0 N–H and O–H groups in total. The molecule has 0 aromatic heterocycles. The van der Waals surface area contributed by atoms with Gasteiger partial charge in [-0.05, 0) is 40.5 Å². The van der Waals surface area contributed by atoms with E-state index in [2.05, 4.69) is 54.6 Å². The maximum Gasteiger partial charge on any atom is 0.0236 e. The largest absolute Gasteiger partial charge is 0.0933 e. The van der Waals surface area contributed by atoms with E-state index < -0.39 is 0 Å². The van der Waals surface area contributed by atoms with Crippen LogP contribution >= 0.6 is 11.8 Å². The molecule has 19 heavy (non-hydrogen) atoms. The van der Waals surface area contributed by atoms with Crippen molar-refractivity contribution in [3.63, 3.8) is 0 Å². The molecule has 0 nitrogen and oxygen atoms in total. The van der Waals surface area contributed by atoms with Gasteiger partial charge >= 0.3 is 0 Å². The quantitative estimate of drug-likeness (QED) is 0.554. The monoisotopic (exact) mass is 264 g/mol. The summed E-state index contributed by atoms with van der Waals surface area (Å²) in [5.41, 5.74) is 1.55. The standard InChI is InChI=1S/C18H16S/c1-2-4-10-17-15(9-3-1)16-12-11-13-7-5-6-8-14(13)18(16)19-17/h1-2,5-8,10-12,15H,3-4,9H2/b2-1-,17-10+. The van der Waals surface area contributed by atoms with E-state index in [0.29, 0.717) is 5.92 Å². The SMILES string of the molecule is C1=C\CCC2/C(=C\C/1)Sc1c2ccc2ccccc12. The highest BCUT2D eigenvalue weighted by Crippen LogP contribution is 2.53. The molecule has 0 radical (unpaired) electrons. The average Bonchev–Trinajstić information content (AvgIpc) is 2.76. The van der Waals surface area contributed by atoms with Crippen LogP contribution in [0.15, 0.2) is 64.4 Å². The number of fused-ring (bicyclic) bond motifs is 5. The lowest BCUT2D eigenvalue weighted by Crippen LogP contribution is -1.96. The highest BCUT2D eigenvalue weighted by molar-refractivity contribution is 8.03. The van der Waals surface area contributed by atoms with Crippen molar-refractivity contribution in [2.24, 2.45) is 0 Å². The molecule has 0 saturated carbocycles. The van der Waals surface area contributed by atoms with Crippen LogP contribution in [0.2, 0.25) is 0 Å². The van der Waals surface area contributed by atoms with E-state index in [1.165, 1.54) is 28.5 Å². The van der Waals surface area contributed by atoms with Crippen LogP contribution in [0.5, 0.6) is 0 Å². The molecule has 2 aromatic rings. The minimum Gasteiger partial charge on any atom is -0.0933 e. The smallest absolute Gasteiger partial charge is 0.0236 e. The molecule has 0 amide bonds. The Balaban J connectivity index is 1.90. The van der Waals surface area contributed by atoms with Crippen molar-refractivity contribution in [2.45, 2.75) is 30.1 Å². The second kappa shape index (κ2) is 4.57. The molecular formula is C18H16S. The zero-order valence-electron chi connectivity index (χ0n) is 10.8. The summed E-state index contributed by atoms with van der Waals surface area (Å²) in [7, 11) is 0. The summed E-state index contributed by atoms with van der Waals surface area (Å²) < 4.78 is 0. The van der Waals surface area contributed by atoms with Gasteiger partial charge in [0.25, 0.3) is 0 Å². The molecular weight excluding hydrogens is 248 g/mol. The first-order chi connectivity index (χ1) is 9.43. The van der Waals surface area contributed by atoms with Crippen LogP contribution < -0.4 is 0 Å². The molecule has 1 heterocycles. The van der Waals surface area contributed by atoms with Gasteiger partial charge in [-0.25, -0.2) is 0 Å². The second-order valence-corrected chi connectivity index (χ2v) is 6.33. The van der Waals surface area contributed by atoms with Gasteiger partial charge in [-0.2, -0.15) is 0 Å². The van der Waals surface area contributed by atoms with Crippen molar-refractivity contribution >= 4 is 22.5 Å². The van der Waals surface area contributed by atoms with Crippen molar-refractivity contribution in [2.75, 3.05) is 0 Å². The van der Waals surface area contributed by atoms with E-state index >= 15 is 0 Å². The first-order valence-corrected chi connectivity index (χ1v) is 7.80. The molecule has 1 unspecified atom stereocenters. The van der Waals surface area contributed by atoms with Gasteiger partial charge in [0.1, 0.15) is 0 Å². The zero-order chi connectivity index (χ0) is 12.7. The maximum atomic E-state index is 2.42. The van der Waals surface area contributed by atoms with Crippen LogP contribution in [0.1, 0.15) is 30.7 Å².